The lowest BCUT2D eigenvalue weighted by atomic mass is 10.2. The Labute approximate surface area is 83.6 Å². The Morgan fingerprint density at radius 2 is 2.21 bits per heavy atom. The SMILES string of the molecule is CC(CCN)n1cnc2ccccc21. The summed E-state index contributed by atoms with van der Waals surface area (Å²) in [5.74, 6) is 0. The number of fused-ring (bicyclic) bond motifs is 1. The molecule has 0 aliphatic rings. The standard InChI is InChI=1S/C11H15N3/c1-9(6-7-12)14-8-13-10-4-2-3-5-11(10)14/h2-5,8-9H,6-7,12H2,1H3. The van der Waals surface area contributed by atoms with E-state index in [9.17, 15) is 0 Å². The van der Waals surface area contributed by atoms with E-state index >= 15 is 0 Å². The first-order valence-corrected chi connectivity index (χ1v) is 4.94. The van der Waals surface area contributed by atoms with Gasteiger partial charge < -0.3 is 10.3 Å². The molecule has 1 atom stereocenters. The second kappa shape index (κ2) is 3.80. The van der Waals surface area contributed by atoms with Crippen molar-refractivity contribution in [3.8, 4) is 0 Å². The van der Waals surface area contributed by atoms with Crippen LogP contribution in [0.4, 0.5) is 0 Å². The highest BCUT2D eigenvalue weighted by Gasteiger charge is 2.07. The molecule has 0 spiro atoms. The summed E-state index contributed by atoms with van der Waals surface area (Å²) in [5, 5.41) is 0. The zero-order chi connectivity index (χ0) is 9.97. The first-order valence-electron chi connectivity index (χ1n) is 4.94. The molecule has 0 saturated carbocycles. The average Bonchev–Trinajstić information content (AvgIpc) is 2.61. The molecular formula is C11H15N3. The number of imidazole rings is 1. The fourth-order valence-electron chi connectivity index (χ4n) is 1.71. The van der Waals surface area contributed by atoms with Crippen LogP contribution in [0.1, 0.15) is 19.4 Å². The van der Waals surface area contributed by atoms with Gasteiger partial charge in [0.15, 0.2) is 0 Å². The molecule has 1 aromatic carbocycles. The first kappa shape index (κ1) is 9.21. The summed E-state index contributed by atoms with van der Waals surface area (Å²) in [6.45, 7) is 2.88. The zero-order valence-corrected chi connectivity index (χ0v) is 8.35. The van der Waals surface area contributed by atoms with E-state index in [0.29, 0.717) is 12.6 Å². The lowest BCUT2D eigenvalue weighted by Crippen LogP contribution is -2.09. The number of aromatic nitrogens is 2. The molecule has 0 aliphatic heterocycles. The van der Waals surface area contributed by atoms with Gasteiger partial charge in [0.2, 0.25) is 0 Å². The third-order valence-corrected chi connectivity index (χ3v) is 2.54. The minimum Gasteiger partial charge on any atom is -0.330 e. The lowest BCUT2D eigenvalue weighted by molar-refractivity contribution is 0.526. The number of para-hydroxylation sites is 2. The van der Waals surface area contributed by atoms with Gasteiger partial charge in [0.1, 0.15) is 0 Å². The van der Waals surface area contributed by atoms with Crippen LogP contribution in [0.2, 0.25) is 0 Å². The van der Waals surface area contributed by atoms with Gasteiger partial charge in [-0.15, -0.1) is 0 Å². The van der Waals surface area contributed by atoms with Crippen molar-refractivity contribution >= 4 is 11.0 Å². The molecule has 74 valence electrons. The summed E-state index contributed by atoms with van der Waals surface area (Å²) in [6, 6.07) is 8.59. The van der Waals surface area contributed by atoms with Crippen LogP contribution in [-0.4, -0.2) is 16.1 Å². The molecule has 3 heteroatoms. The van der Waals surface area contributed by atoms with Crippen molar-refractivity contribution in [1.29, 1.82) is 0 Å². The summed E-state index contributed by atoms with van der Waals surface area (Å²) in [4.78, 5) is 4.34. The fourth-order valence-corrected chi connectivity index (χ4v) is 1.71. The molecule has 0 amide bonds. The van der Waals surface area contributed by atoms with Crippen LogP contribution in [-0.2, 0) is 0 Å². The molecule has 2 aromatic rings. The van der Waals surface area contributed by atoms with Crippen LogP contribution in [0, 0.1) is 0 Å². The number of hydrogen-bond acceptors (Lipinski definition) is 2. The molecule has 0 fully saturated rings. The molecule has 1 aromatic heterocycles. The van der Waals surface area contributed by atoms with E-state index in [1.54, 1.807) is 0 Å². The highest BCUT2D eigenvalue weighted by molar-refractivity contribution is 5.75. The molecule has 3 nitrogen and oxygen atoms in total. The van der Waals surface area contributed by atoms with Gasteiger partial charge in [0, 0.05) is 6.04 Å². The van der Waals surface area contributed by atoms with Crippen LogP contribution in [0.15, 0.2) is 30.6 Å². The topological polar surface area (TPSA) is 43.8 Å². The molecule has 1 unspecified atom stereocenters. The maximum Gasteiger partial charge on any atom is 0.0960 e. The molecular weight excluding hydrogens is 174 g/mol. The van der Waals surface area contributed by atoms with Crippen molar-refractivity contribution in [2.75, 3.05) is 6.54 Å². The van der Waals surface area contributed by atoms with Gasteiger partial charge in [-0.1, -0.05) is 12.1 Å². The second-order valence-electron chi connectivity index (χ2n) is 3.57. The molecule has 0 saturated heterocycles. The number of benzene rings is 1. The van der Waals surface area contributed by atoms with Crippen molar-refractivity contribution in [3.05, 3.63) is 30.6 Å². The molecule has 0 radical (unpaired) electrons. The Kier molecular flexibility index (Phi) is 2.50. The highest BCUT2D eigenvalue weighted by atomic mass is 15.1. The van der Waals surface area contributed by atoms with Crippen LogP contribution >= 0.6 is 0 Å². The van der Waals surface area contributed by atoms with Crippen LogP contribution in [0.3, 0.4) is 0 Å². The van der Waals surface area contributed by atoms with Crippen molar-refractivity contribution < 1.29 is 0 Å². The van der Waals surface area contributed by atoms with Crippen molar-refractivity contribution in [2.24, 2.45) is 5.73 Å². The van der Waals surface area contributed by atoms with Crippen molar-refractivity contribution in [1.82, 2.24) is 9.55 Å². The number of nitrogens with two attached hydrogens (primary N) is 1. The van der Waals surface area contributed by atoms with Gasteiger partial charge in [0.05, 0.1) is 17.4 Å². The Hall–Kier alpha value is -1.35. The number of hydrogen-bond donors (Lipinski definition) is 1. The molecule has 14 heavy (non-hydrogen) atoms. The van der Waals surface area contributed by atoms with Crippen LogP contribution < -0.4 is 5.73 Å². The van der Waals surface area contributed by atoms with E-state index in [2.05, 4.69) is 22.5 Å². The summed E-state index contributed by atoms with van der Waals surface area (Å²) in [7, 11) is 0. The van der Waals surface area contributed by atoms with E-state index < -0.39 is 0 Å². The lowest BCUT2D eigenvalue weighted by Gasteiger charge is -2.12. The summed E-state index contributed by atoms with van der Waals surface area (Å²) in [5.41, 5.74) is 7.79. The van der Waals surface area contributed by atoms with Crippen LogP contribution in [0.5, 0.6) is 0 Å². The quantitative estimate of drug-likeness (QED) is 0.802. The van der Waals surface area contributed by atoms with Gasteiger partial charge in [-0.2, -0.15) is 0 Å². The predicted octanol–water partition coefficient (Wildman–Crippen LogP) is 1.95. The first-order chi connectivity index (χ1) is 6.83. The number of nitrogens with zero attached hydrogens (tertiary/aromatic N) is 2. The Bertz CT molecular complexity index is 419. The smallest absolute Gasteiger partial charge is 0.0960 e. The van der Waals surface area contributed by atoms with Gasteiger partial charge in [-0.05, 0) is 32.0 Å². The van der Waals surface area contributed by atoms with Crippen molar-refractivity contribution in [3.63, 3.8) is 0 Å². The minimum absolute atomic E-state index is 0.424. The average molecular weight is 189 g/mol. The Balaban J connectivity index is 2.42. The summed E-state index contributed by atoms with van der Waals surface area (Å²) < 4.78 is 2.18. The van der Waals surface area contributed by atoms with Gasteiger partial charge in [-0.25, -0.2) is 4.98 Å². The van der Waals surface area contributed by atoms with E-state index in [0.717, 1.165) is 11.9 Å². The molecule has 2 N–H and O–H groups in total. The van der Waals surface area contributed by atoms with Gasteiger partial charge in [0.25, 0.3) is 0 Å². The summed E-state index contributed by atoms with van der Waals surface area (Å²) >= 11 is 0. The highest BCUT2D eigenvalue weighted by Crippen LogP contribution is 2.18. The third kappa shape index (κ3) is 1.51. The molecule has 1 heterocycles. The largest absolute Gasteiger partial charge is 0.330 e. The van der Waals surface area contributed by atoms with E-state index in [1.807, 2.05) is 24.5 Å². The third-order valence-electron chi connectivity index (χ3n) is 2.54. The van der Waals surface area contributed by atoms with E-state index in [1.165, 1.54) is 5.52 Å². The van der Waals surface area contributed by atoms with E-state index in [4.69, 9.17) is 5.73 Å². The van der Waals surface area contributed by atoms with Gasteiger partial charge >= 0.3 is 0 Å². The second-order valence-corrected chi connectivity index (χ2v) is 3.57. The number of rotatable bonds is 3. The summed E-state index contributed by atoms with van der Waals surface area (Å²) in [6.07, 6.45) is 2.88. The maximum atomic E-state index is 5.55. The Morgan fingerprint density at radius 1 is 1.43 bits per heavy atom. The minimum atomic E-state index is 0.424. The molecule has 2 rings (SSSR count). The zero-order valence-electron chi connectivity index (χ0n) is 8.35. The molecule has 0 aliphatic carbocycles. The maximum absolute atomic E-state index is 5.55. The van der Waals surface area contributed by atoms with Crippen molar-refractivity contribution in [2.45, 2.75) is 19.4 Å². The van der Waals surface area contributed by atoms with Crippen LogP contribution in [0.25, 0.3) is 11.0 Å². The Morgan fingerprint density at radius 3 is 3.00 bits per heavy atom. The van der Waals surface area contributed by atoms with E-state index in [-0.39, 0.29) is 0 Å². The van der Waals surface area contributed by atoms with Gasteiger partial charge in [-0.3, -0.25) is 0 Å². The molecule has 0 bridgehead atoms. The predicted molar refractivity (Wildman–Crippen MR) is 58.1 cm³/mol. The fraction of sp³-hybridized carbons (Fsp3) is 0.364. The normalized spacial score (nSPS) is 13.3. The monoisotopic (exact) mass is 189 g/mol.